The standard InChI is InChI=1S/C34H38N8O5/c1-21(2)29-34(46)37-22(3)31-40-30(24-8-5-4-6-9-24)41-42(31)20-28(43)36-16-17-47-26-13-11-23(12-14-26)18-27(33(45)39-29)38-32(44)25-10-7-15-35-19-25/h4-15,19,21-22,27,29H,16-18,20H2,1-3H3,(H,36,43)(H,37,46)(H,38,44)(H,39,45)/t22-,27-,29+/m0/s1. The van der Waals surface area contributed by atoms with E-state index in [1.54, 1.807) is 49.5 Å². The summed E-state index contributed by atoms with van der Waals surface area (Å²) in [5, 5.41) is 16.0. The molecule has 0 saturated heterocycles. The number of hydrogen-bond acceptors (Lipinski definition) is 8. The van der Waals surface area contributed by atoms with Gasteiger partial charge < -0.3 is 26.0 Å². The van der Waals surface area contributed by atoms with Crippen molar-refractivity contribution in [3.05, 3.63) is 96.1 Å². The number of amides is 4. The van der Waals surface area contributed by atoms with Gasteiger partial charge in [-0.1, -0.05) is 56.3 Å². The molecule has 0 saturated carbocycles. The minimum absolute atomic E-state index is 0.132. The minimum atomic E-state index is -1.00. The first kappa shape index (κ1) is 32.8. The topological polar surface area (TPSA) is 169 Å². The van der Waals surface area contributed by atoms with Crippen LogP contribution in [0.25, 0.3) is 11.4 Å². The van der Waals surface area contributed by atoms with Gasteiger partial charge in [0.1, 0.15) is 36.8 Å². The number of rotatable bonds is 4. The third kappa shape index (κ3) is 8.57. The summed E-state index contributed by atoms with van der Waals surface area (Å²) in [5.41, 5.74) is 1.82. The number of hydrogen-bond donors (Lipinski definition) is 4. The van der Waals surface area contributed by atoms with E-state index in [2.05, 4.69) is 36.3 Å². The van der Waals surface area contributed by atoms with Gasteiger partial charge in [0.25, 0.3) is 5.91 Å². The number of nitrogens with one attached hydrogen (secondary N) is 4. The van der Waals surface area contributed by atoms with E-state index in [0.717, 1.165) is 11.1 Å². The van der Waals surface area contributed by atoms with Gasteiger partial charge in [0.15, 0.2) is 5.82 Å². The Bertz CT molecular complexity index is 1690. The van der Waals surface area contributed by atoms with Gasteiger partial charge in [-0.25, -0.2) is 9.67 Å². The zero-order valence-corrected chi connectivity index (χ0v) is 26.5. The molecular formula is C34H38N8O5. The van der Waals surface area contributed by atoms with Crippen LogP contribution in [0.15, 0.2) is 79.1 Å². The molecule has 2 aliphatic heterocycles. The molecule has 4 amide bonds. The van der Waals surface area contributed by atoms with Gasteiger partial charge >= 0.3 is 0 Å². The number of fused-ring (bicyclic) bond motifs is 14. The Morgan fingerprint density at radius 2 is 1.74 bits per heavy atom. The van der Waals surface area contributed by atoms with E-state index in [0.29, 0.717) is 23.0 Å². The summed E-state index contributed by atoms with van der Waals surface area (Å²) in [4.78, 5) is 62.2. The lowest BCUT2D eigenvalue weighted by Gasteiger charge is -2.26. The average molecular weight is 639 g/mol. The van der Waals surface area contributed by atoms with Crippen molar-refractivity contribution >= 4 is 23.6 Å². The molecule has 0 radical (unpaired) electrons. The molecule has 0 aliphatic carbocycles. The van der Waals surface area contributed by atoms with E-state index in [9.17, 15) is 19.2 Å². The second-order valence-corrected chi connectivity index (χ2v) is 11.6. The van der Waals surface area contributed by atoms with Gasteiger partial charge in [-0.2, -0.15) is 5.10 Å². The van der Waals surface area contributed by atoms with Crippen LogP contribution in [-0.2, 0) is 27.3 Å². The molecule has 2 aliphatic rings. The number of benzene rings is 2. The van der Waals surface area contributed by atoms with Crippen molar-refractivity contribution in [1.82, 2.24) is 41.0 Å². The smallest absolute Gasteiger partial charge is 0.253 e. The Morgan fingerprint density at radius 3 is 2.45 bits per heavy atom. The third-order valence-corrected chi connectivity index (χ3v) is 7.62. The lowest BCUT2D eigenvalue weighted by Crippen LogP contribution is -2.56. The van der Waals surface area contributed by atoms with Crippen LogP contribution in [0.1, 0.15) is 48.6 Å². The van der Waals surface area contributed by atoms with Crippen LogP contribution in [0.5, 0.6) is 5.75 Å². The van der Waals surface area contributed by atoms with E-state index >= 15 is 0 Å². The van der Waals surface area contributed by atoms with Crippen LogP contribution in [0, 0.1) is 5.92 Å². The first-order valence-electron chi connectivity index (χ1n) is 15.5. The third-order valence-electron chi connectivity index (χ3n) is 7.62. The molecule has 6 rings (SSSR count). The molecule has 0 unspecified atom stereocenters. The lowest BCUT2D eigenvalue weighted by atomic mass is 10.0. The van der Waals surface area contributed by atoms with E-state index in [-0.39, 0.29) is 37.9 Å². The number of carbonyl (C=O) groups excluding carboxylic acids is 4. The molecule has 13 nitrogen and oxygen atoms in total. The Hall–Kier alpha value is -5.59. The van der Waals surface area contributed by atoms with E-state index in [4.69, 9.17) is 4.74 Å². The largest absolute Gasteiger partial charge is 0.492 e. The second kappa shape index (κ2) is 15.1. The van der Waals surface area contributed by atoms with Gasteiger partial charge in [0, 0.05) is 24.4 Å². The maximum absolute atomic E-state index is 13.8. The molecule has 2 bridgehead atoms. The Labute approximate surface area is 272 Å². The van der Waals surface area contributed by atoms with E-state index < -0.39 is 35.8 Å². The highest BCUT2D eigenvalue weighted by atomic mass is 16.5. The van der Waals surface area contributed by atoms with Crippen molar-refractivity contribution in [2.75, 3.05) is 13.2 Å². The molecule has 244 valence electrons. The molecule has 2 aromatic carbocycles. The molecule has 3 atom stereocenters. The molecule has 2 aromatic heterocycles. The fourth-order valence-electron chi connectivity index (χ4n) is 5.11. The first-order chi connectivity index (χ1) is 22.7. The maximum atomic E-state index is 13.8. The Balaban J connectivity index is 1.45. The Kier molecular flexibility index (Phi) is 10.6. The summed E-state index contributed by atoms with van der Waals surface area (Å²) in [6.45, 7) is 5.71. The molecule has 47 heavy (non-hydrogen) atoms. The summed E-state index contributed by atoms with van der Waals surface area (Å²) < 4.78 is 7.27. The lowest BCUT2D eigenvalue weighted by molar-refractivity contribution is -0.131. The highest BCUT2D eigenvalue weighted by Gasteiger charge is 2.31. The minimum Gasteiger partial charge on any atom is -0.492 e. The average Bonchev–Trinajstić information content (AvgIpc) is 3.49. The summed E-state index contributed by atoms with van der Waals surface area (Å²) in [6.07, 6.45) is 3.13. The molecule has 4 aromatic rings. The predicted molar refractivity (Wildman–Crippen MR) is 173 cm³/mol. The molecule has 4 N–H and O–H groups in total. The van der Waals surface area contributed by atoms with Crippen LogP contribution >= 0.6 is 0 Å². The van der Waals surface area contributed by atoms with Crippen LogP contribution in [0.4, 0.5) is 0 Å². The first-order valence-corrected chi connectivity index (χ1v) is 15.5. The number of ether oxygens (including phenoxy) is 1. The van der Waals surface area contributed by atoms with Crippen molar-refractivity contribution in [3.8, 4) is 17.1 Å². The molecule has 0 fully saturated rings. The molecular weight excluding hydrogens is 600 g/mol. The second-order valence-electron chi connectivity index (χ2n) is 11.6. The highest BCUT2D eigenvalue weighted by Crippen LogP contribution is 2.20. The number of carbonyl (C=O) groups is 4. The Morgan fingerprint density at radius 1 is 0.979 bits per heavy atom. The van der Waals surface area contributed by atoms with E-state index in [1.807, 2.05) is 44.2 Å². The quantitative estimate of drug-likeness (QED) is 0.264. The van der Waals surface area contributed by atoms with Gasteiger partial charge in [-0.05, 0) is 42.7 Å². The van der Waals surface area contributed by atoms with Crippen molar-refractivity contribution < 1.29 is 23.9 Å². The number of nitrogens with zero attached hydrogens (tertiary/aromatic N) is 4. The van der Waals surface area contributed by atoms with Crippen molar-refractivity contribution in [2.24, 2.45) is 5.92 Å². The zero-order valence-electron chi connectivity index (χ0n) is 26.5. The summed E-state index contributed by atoms with van der Waals surface area (Å²) in [5.74, 6) is -0.697. The zero-order chi connectivity index (χ0) is 33.3. The monoisotopic (exact) mass is 638 g/mol. The molecule has 13 heteroatoms. The number of aromatic nitrogens is 4. The predicted octanol–water partition coefficient (Wildman–Crippen LogP) is 2.21. The summed E-state index contributed by atoms with van der Waals surface area (Å²) in [7, 11) is 0. The summed E-state index contributed by atoms with van der Waals surface area (Å²) in [6, 6.07) is 17.0. The van der Waals surface area contributed by atoms with Gasteiger partial charge in [-0.3, -0.25) is 24.2 Å². The fraction of sp³-hybridized carbons (Fsp3) is 0.324. The SMILES string of the molecule is CC(C)[C@H]1NC(=O)[C@@H](NC(=O)c2cccnc2)Cc2ccc(cc2)OCCNC(=O)Cn2nc(-c3ccccc3)nc2[C@H](C)NC1=O. The van der Waals surface area contributed by atoms with E-state index in [1.165, 1.54) is 10.9 Å². The van der Waals surface area contributed by atoms with Gasteiger partial charge in [-0.15, -0.1) is 0 Å². The van der Waals surface area contributed by atoms with Crippen molar-refractivity contribution in [1.29, 1.82) is 0 Å². The number of pyridine rings is 1. The van der Waals surface area contributed by atoms with Crippen molar-refractivity contribution in [3.63, 3.8) is 0 Å². The van der Waals surface area contributed by atoms with Crippen LogP contribution in [0.2, 0.25) is 0 Å². The maximum Gasteiger partial charge on any atom is 0.253 e. The fourth-order valence-corrected chi connectivity index (χ4v) is 5.11. The van der Waals surface area contributed by atoms with Crippen LogP contribution in [0.3, 0.4) is 0 Å². The van der Waals surface area contributed by atoms with Gasteiger partial charge in [0.05, 0.1) is 18.2 Å². The van der Waals surface area contributed by atoms with Crippen LogP contribution in [-0.4, -0.2) is 68.6 Å². The highest BCUT2D eigenvalue weighted by molar-refractivity contribution is 5.98. The molecule has 0 spiro atoms. The molecule has 4 heterocycles. The van der Waals surface area contributed by atoms with Crippen LogP contribution < -0.4 is 26.0 Å². The van der Waals surface area contributed by atoms with Gasteiger partial charge in [0.2, 0.25) is 17.7 Å². The van der Waals surface area contributed by atoms with Crippen molar-refractivity contribution in [2.45, 2.75) is 51.9 Å². The summed E-state index contributed by atoms with van der Waals surface area (Å²) >= 11 is 0. The normalized spacial score (nSPS) is 19.5.